The Labute approximate surface area is 111 Å². The molecular weight excluding hydrogens is 282 g/mol. The number of hydrogen-bond acceptors (Lipinski definition) is 3. The van der Waals surface area contributed by atoms with Gasteiger partial charge in [0.15, 0.2) is 5.82 Å². The summed E-state index contributed by atoms with van der Waals surface area (Å²) in [6.45, 7) is 9.44. The quantitative estimate of drug-likeness (QED) is 0.789. The van der Waals surface area contributed by atoms with Crippen molar-refractivity contribution in [1.82, 2.24) is 14.8 Å². The van der Waals surface area contributed by atoms with Gasteiger partial charge in [-0.3, -0.25) is 0 Å². The molecule has 1 aromatic rings. The second-order valence-corrected chi connectivity index (χ2v) is 6.32. The Morgan fingerprint density at radius 1 is 1.41 bits per heavy atom. The van der Waals surface area contributed by atoms with Crippen LogP contribution in [0.25, 0.3) is 0 Å². The third-order valence-corrected chi connectivity index (χ3v) is 3.71. The van der Waals surface area contributed by atoms with Gasteiger partial charge in [-0.25, -0.2) is 0 Å². The first-order valence-electron chi connectivity index (χ1n) is 6.04. The number of ether oxygens (including phenoxy) is 1. The van der Waals surface area contributed by atoms with E-state index in [4.69, 9.17) is 4.74 Å². The molecule has 96 valence electrons. The maximum absolute atomic E-state index is 5.88. The number of halogens is 1. The Hall–Kier alpha value is -0.420. The summed E-state index contributed by atoms with van der Waals surface area (Å²) in [5, 5.41) is 9.36. The highest BCUT2D eigenvalue weighted by molar-refractivity contribution is 9.08. The van der Waals surface area contributed by atoms with Crippen LogP contribution in [0.2, 0.25) is 0 Å². The number of alkyl halides is 1. The van der Waals surface area contributed by atoms with Crippen molar-refractivity contribution in [2.45, 2.75) is 57.0 Å². The lowest BCUT2D eigenvalue weighted by atomic mass is 9.99. The molecule has 0 amide bonds. The Morgan fingerprint density at radius 3 is 2.59 bits per heavy atom. The summed E-state index contributed by atoms with van der Waals surface area (Å²) in [6.07, 6.45) is 2.11. The fourth-order valence-corrected chi connectivity index (χ4v) is 2.77. The molecule has 1 unspecified atom stereocenters. The van der Waals surface area contributed by atoms with E-state index in [0.717, 1.165) is 31.1 Å². The Kier molecular flexibility index (Phi) is 3.34. The van der Waals surface area contributed by atoms with E-state index in [1.807, 2.05) is 0 Å². The topological polar surface area (TPSA) is 39.9 Å². The molecule has 1 fully saturated rings. The third kappa shape index (κ3) is 2.27. The molecule has 1 saturated heterocycles. The molecule has 0 aliphatic carbocycles. The van der Waals surface area contributed by atoms with Crippen LogP contribution >= 0.6 is 15.9 Å². The molecule has 1 aliphatic heterocycles. The molecule has 2 heterocycles. The van der Waals surface area contributed by atoms with Crippen LogP contribution in [0.1, 0.15) is 52.2 Å². The molecule has 1 aromatic heterocycles. The Bertz CT molecular complexity index is 402. The second kappa shape index (κ2) is 4.35. The number of rotatable bonds is 2. The van der Waals surface area contributed by atoms with Crippen LogP contribution in [-0.2, 0) is 21.2 Å². The smallest absolute Gasteiger partial charge is 0.165 e. The first kappa shape index (κ1) is 13.0. The van der Waals surface area contributed by atoms with E-state index in [2.05, 4.69) is 58.4 Å². The van der Waals surface area contributed by atoms with Crippen LogP contribution in [0.5, 0.6) is 0 Å². The van der Waals surface area contributed by atoms with Crippen molar-refractivity contribution in [1.29, 1.82) is 0 Å². The van der Waals surface area contributed by atoms with Gasteiger partial charge in [-0.15, -0.1) is 10.2 Å². The Morgan fingerprint density at radius 2 is 2.12 bits per heavy atom. The standard InChI is InChI=1S/C12H20BrN3O/c1-11(2,3)16-9(8-13)14-15-10(16)12(4)6-5-7-17-12/h5-8H2,1-4H3. The molecule has 0 spiro atoms. The average molecular weight is 302 g/mol. The average Bonchev–Trinajstić information content (AvgIpc) is 2.82. The van der Waals surface area contributed by atoms with Gasteiger partial charge in [0, 0.05) is 12.1 Å². The second-order valence-electron chi connectivity index (χ2n) is 5.76. The van der Waals surface area contributed by atoms with Gasteiger partial charge < -0.3 is 9.30 Å². The summed E-state index contributed by atoms with van der Waals surface area (Å²) in [7, 11) is 0. The molecule has 0 bridgehead atoms. The van der Waals surface area contributed by atoms with Crippen LogP contribution < -0.4 is 0 Å². The first-order chi connectivity index (χ1) is 7.88. The number of aromatic nitrogens is 3. The van der Waals surface area contributed by atoms with E-state index >= 15 is 0 Å². The van der Waals surface area contributed by atoms with Crippen LogP contribution in [0.3, 0.4) is 0 Å². The zero-order valence-corrected chi connectivity index (χ0v) is 12.5. The lowest BCUT2D eigenvalue weighted by molar-refractivity contribution is 0.00324. The van der Waals surface area contributed by atoms with Crippen LogP contribution in [-0.4, -0.2) is 21.4 Å². The van der Waals surface area contributed by atoms with Gasteiger partial charge in [0.1, 0.15) is 11.4 Å². The van der Waals surface area contributed by atoms with Gasteiger partial charge in [-0.2, -0.15) is 0 Å². The molecule has 1 atom stereocenters. The van der Waals surface area contributed by atoms with Crippen molar-refractivity contribution in [2.75, 3.05) is 6.61 Å². The Balaban J connectivity index is 2.51. The maximum atomic E-state index is 5.88. The summed E-state index contributed by atoms with van der Waals surface area (Å²) in [6, 6.07) is 0. The predicted octanol–water partition coefficient (Wildman–Crippen LogP) is 2.95. The summed E-state index contributed by atoms with van der Waals surface area (Å²) in [5.41, 5.74) is -0.308. The SMILES string of the molecule is CC1(c2nnc(CBr)n2C(C)(C)C)CCCO1. The van der Waals surface area contributed by atoms with Gasteiger partial charge in [0.25, 0.3) is 0 Å². The lowest BCUT2D eigenvalue weighted by Gasteiger charge is -2.30. The summed E-state index contributed by atoms with van der Waals surface area (Å²) < 4.78 is 8.08. The van der Waals surface area contributed by atoms with Crippen LogP contribution in [0, 0.1) is 0 Å². The highest BCUT2D eigenvalue weighted by Gasteiger charge is 2.39. The summed E-state index contributed by atoms with van der Waals surface area (Å²) in [5.74, 6) is 1.92. The molecule has 5 heteroatoms. The zero-order chi connectivity index (χ0) is 12.7. The molecule has 4 nitrogen and oxygen atoms in total. The fourth-order valence-electron chi connectivity index (χ4n) is 2.41. The molecule has 1 aliphatic rings. The minimum absolute atomic E-state index is 0.0309. The van der Waals surface area contributed by atoms with Gasteiger partial charge >= 0.3 is 0 Å². The molecule has 0 N–H and O–H groups in total. The van der Waals surface area contributed by atoms with Crippen molar-refractivity contribution in [3.63, 3.8) is 0 Å². The minimum atomic E-state index is -0.277. The summed E-state index contributed by atoms with van der Waals surface area (Å²) >= 11 is 3.48. The largest absolute Gasteiger partial charge is 0.367 e. The van der Waals surface area contributed by atoms with Gasteiger partial charge in [0.05, 0.1) is 5.33 Å². The van der Waals surface area contributed by atoms with Crippen molar-refractivity contribution in [2.24, 2.45) is 0 Å². The van der Waals surface area contributed by atoms with E-state index in [9.17, 15) is 0 Å². The normalized spacial score (nSPS) is 25.5. The van der Waals surface area contributed by atoms with Gasteiger partial charge in [-0.05, 0) is 40.5 Å². The highest BCUT2D eigenvalue weighted by Crippen LogP contribution is 2.37. The summed E-state index contributed by atoms with van der Waals surface area (Å²) in [4.78, 5) is 0. The maximum Gasteiger partial charge on any atom is 0.165 e. The zero-order valence-electron chi connectivity index (χ0n) is 11.0. The molecule has 2 rings (SSSR count). The molecule has 0 aromatic carbocycles. The number of hydrogen-bond donors (Lipinski definition) is 0. The molecule has 0 saturated carbocycles. The fraction of sp³-hybridized carbons (Fsp3) is 0.833. The van der Waals surface area contributed by atoms with E-state index in [0.29, 0.717) is 5.33 Å². The molecule has 0 radical (unpaired) electrons. The van der Waals surface area contributed by atoms with Gasteiger partial charge in [0.2, 0.25) is 0 Å². The van der Waals surface area contributed by atoms with Crippen LogP contribution in [0.4, 0.5) is 0 Å². The third-order valence-electron chi connectivity index (χ3n) is 3.21. The van der Waals surface area contributed by atoms with Crippen LogP contribution in [0.15, 0.2) is 0 Å². The highest BCUT2D eigenvalue weighted by atomic mass is 79.9. The van der Waals surface area contributed by atoms with E-state index < -0.39 is 0 Å². The molecule has 17 heavy (non-hydrogen) atoms. The van der Waals surface area contributed by atoms with E-state index in [1.54, 1.807) is 0 Å². The van der Waals surface area contributed by atoms with Crippen molar-refractivity contribution in [3.8, 4) is 0 Å². The first-order valence-corrected chi connectivity index (χ1v) is 7.16. The van der Waals surface area contributed by atoms with E-state index in [1.165, 1.54) is 0 Å². The number of nitrogens with zero attached hydrogens (tertiary/aromatic N) is 3. The van der Waals surface area contributed by atoms with Crippen molar-refractivity contribution < 1.29 is 4.74 Å². The monoisotopic (exact) mass is 301 g/mol. The lowest BCUT2D eigenvalue weighted by Crippen LogP contribution is -2.33. The van der Waals surface area contributed by atoms with E-state index in [-0.39, 0.29) is 11.1 Å². The predicted molar refractivity (Wildman–Crippen MR) is 70.2 cm³/mol. The van der Waals surface area contributed by atoms with Crippen molar-refractivity contribution in [3.05, 3.63) is 11.6 Å². The van der Waals surface area contributed by atoms with Gasteiger partial charge in [-0.1, -0.05) is 15.9 Å². The molecular formula is C12H20BrN3O. The van der Waals surface area contributed by atoms with Crippen molar-refractivity contribution >= 4 is 15.9 Å². The minimum Gasteiger partial charge on any atom is -0.367 e.